The monoisotopic (exact) mass is 434 g/mol. The number of carbonyl (C=O) groups is 1. The van der Waals surface area contributed by atoms with E-state index in [2.05, 4.69) is 15.3 Å². The highest BCUT2D eigenvalue weighted by Crippen LogP contribution is 2.22. The summed E-state index contributed by atoms with van der Waals surface area (Å²) in [5.41, 5.74) is 0.449. The highest BCUT2D eigenvalue weighted by molar-refractivity contribution is 6.04. The van der Waals surface area contributed by atoms with Crippen molar-refractivity contribution in [1.29, 1.82) is 0 Å². The number of aromatic nitrogens is 2. The van der Waals surface area contributed by atoms with Crippen molar-refractivity contribution in [2.75, 3.05) is 33.3 Å². The summed E-state index contributed by atoms with van der Waals surface area (Å²) in [6.45, 7) is 3.84. The van der Waals surface area contributed by atoms with Crippen molar-refractivity contribution in [3.8, 4) is 11.4 Å². The Balaban J connectivity index is 1.57. The predicted molar refractivity (Wildman–Crippen MR) is 126 cm³/mol. The van der Waals surface area contributed by atoms with Gasteiger partial charge in [-0.2, -0.15) is 9.78 Å². The first-order valence-corrected chi connectivity index (χ1v) is 11.3. The number of likely N-dealkylation sites (tertiary alicyclic amines) is 1. The molecule has 0 unspecified atom stereocenters. The molecule has 7 nitrogen and oxygen atoms in total. The van der Waals surface area contributed by atoms with E-state index in [1.165, 1.54) is 30.4 Å². The Morgan fingerprint density at radius 2 is 1.69 bits per heavy atom. The first kappa shape index (κ1) is 22.0. The molecule has 0 aliphatic carbocycles. The summed E-state index contributed by atoms with van der Waals surface area (Å²) in [7, 11) is 1.54. The van der Waals surface area contributed by atoms with E-state index in [4.69, 9.17) is 4.74 Å². The fraction of sp³-hybridized carbons (Fsp3) is 0.400. The molecule has 1 N–H and O–H groups in total. The summed E-state index contributed by atoms with van der Waals surface area (Å²) in [5.74, 6) is 0.238. The standard InChI is InChI=1S/C25H30N4O3/c1-32-22-14-7-6-13-21(22)29-25(31)20-12-5-4-11-19(20)23(27-29)24(30)26-15-10-18-28-16-8-2-3-9-17-28/h4-7,11-14H,2-3,8-10,15-18H2,1H3,(H,26,30). The summed E-state index contributed by atoms with van der Waals surface area (Å²) in [5, 5.41) is 8.46. The molecule has 0 spiro atoms. The average Bonchev–Trinajstić information content (AvgIpc) is 3.11. The Labute approximate surface area is 188 Å². The normalized spacial score (nSPS) is 14.8. The molecule has 0 bridgehead atoms. The number of nitrogens with one attached hydrogen (secondary N) is 1. The fourth-order valence-corrected chi connectivity index (χ4v) is 4.27. The van der Waals surface area contributed by atoms with Crippen LogP contribution in [-0.2, 0) is 0 Å². The van der Waals surface area contributed by atoms with Crippen LogP contribution in [0.1, 0.15) is 42.6 Å². The zero-order valence-electron chi connectivity index (χ0n) is 18.5. The number of rotatable bonds is 7. The maximum Gasteiger partial charge on any atom is 0.279 e. The van der Waals surface area contributed by atoms with Crippen LogP contribution in [0.15, 0.2) is 53.3 Å². The van der Waals surface area contributed by atoms with Crippen molar-refractivity contribution in [3.63, 3.8) is 0 Å². The number of hydrogen-bond donors (Lipinski definition) is 1. The fourth-order valence-electron chi connectivity index (χ4n) is 4.27. The molecule has 32 heavy (non-hydrogen) atoms. The first-order chi connectivity index (χ1) is 15.7. The molecule has 1 fully saturated rings. The van der Waals surface area contributed by atoms with E-state index >= 15 is 0 Å². The zero-order valence-corrected chi connectivity index (χ0v) is 18.5. The number of amides is 1. The summed E-state index contributed by atoms with van der Waals surface area (Å²) in [6, 6.07) is 14.2. The van der Waals surface area contributed by atoms with Crippen LogP contribution in [0.25, 0.3) is 16.5 Å². The van der Waals surface area contributed by atoms with Gasteiger partial charge in [-0.3, -0.25) is 9.59 Å². The van der Waals surface area contributed by atoms with Crippen molar-refractivity contribution in [3.05, 3.63) is 64.6 Å². The largest absolute Gasteiger partial charge is 0.494 e. The highest BCUT2D eigenvalue weighted by atomic mass is 16.5. The van der Waals surface area contributed by atoms with Gasteiger partial charge in [0, 0.05) is 11.9 Å². The molecule has 0 saturated carbocycles. The number of methoxy groups -OCH3 is 1. The molecule has 1 aliphatic rings. The molecule has 1 amide bonds. The Morgan fingerprint density at radius 3 is 2.44 bits per heavy atom. The second kappa shape index (κ2) is 10.4. The van der Waals surface area contributed by atoms with Crippen molar-refractivity contribution in [1.82, 2.24) is 20.0 Å². The number of carbonyl (C=O) groups excluding carboxylic acids is 1. The van der Waals surface area contributed by atoms with Crippen molar-refractivity contribution in [2.45, 2.75) is 32.1 Å². The molecular formula is C25H30N4O3. The lowest BCUT2D eigenvalue weighted by Crippen LogP contribution is -2.33. The van der Waals surface area contributed by atoms with E-state index < -0.39 is 0 Å². The van der Waals surface area contributed by atoms with Crippen LogP contribution in [0.3, 0.4) is 0 Å². The van der Waals surface area contributed by atoms with Crippen molar-refractivity contribution in [2.24, 2.45) is 0 Å². The van der Waals surface area contributed by atoms with Crippen LogP contribution in [0, 0.1) is 0 Å². The summed E-state index contributed by atoms with van der Waals surface area (Å²) < 4.78 is 6.67. The van der Waals surface area contributed by atoms with Gasteiger partial charge in [-0.05, 0) is 57.1 Å². The summed E-state index contributed by atoms with van der Waals surface area (Å²) in [4.78, 5) is 28.7. The molecule has 4 rings (SSSR count). The van der Waals surface area contributed by atoms with Gasteiger partial charge in [-0.15, -0.1) is 0 Å². The molecular weight excluding hydrogens is 404 g/mol. The van der Waals surface area contributed by atoms with Gasteiger partial charge < -0.3 is 15.0 Å². The number of ether oxygens (including phenoxy) is 1. The van der Waals surface area contributed by atoms with E-state index in [1.807, 2.05) is 18.2 Å². The minimum atomic E-state index is -0.289. The Hall–Kier alpha value is -3.19. The lowest BCUT2D eigenvalue weighted by molar-refractivity contribution is 0.0947. The van der Waals surface area contributed by atoms with Gasteiger partial charge in [0.1, 0.15) is 11.4 Å². The van der Waals surface area contributed by atoms with E-state index in [0.717, 1.165) is 26.1 Å². The minimum Gasteiger partial charge on any atom is -0.494 e. The van der Waals surface area contributed by atoms with E-state index in [9.17, 15) is 9.59 Å². The Kier molecular flexibility index (Phi) is 7.17. The van der Waals surface area contributed by atoms with E-state index in [0.29, 0.717) is 28.8 Å². The lowest BCUT2D eigenvalue weighted by atomic mass is 10.1. The third-order valence-electron chi connectivity index (χ3n) is 5.97. The first-order valence-electron chi connectivity index (χ1n) is 11.3. The van der Waals surface area contributed by atoms with Crippen molar-refractivity contribution >= 4 is 16.7 Å². The number of hydrogen-bond acceptors (Lipinski definition) is 5. The van der Waals surface area contributed by atoms with Crippen LogP contribution in [0.4, 0.5) is 0 Å². The lowest BCUT2D eigenvalue weighted by Gasteiger charge is -2.19. The van der Waals surface area contributed by atoms with Gasteiger partial charge in [0.2, 0.25) is 0 Å². The van der Waals surface area contributed by atoms with Crippen LogP contribution in [0.2, 0.25) is 0 Å². The molecule has 1 saturated heterocycles. The van der Waals surface area contributed by atoms with Crippen LogP contribution in [-0.4, -0.2) is 53.9 Å². The molecule has 168 valence electrons. The van der Waals surface area contributed by atoms with E-state index in [-0.39, 0.29) is 17.2 Å². The van der Waals surface area contributed by atoms with Gasteiger partial charge in [0.15, 0.2) is 5.69 Å². The smallest absolute Gasteiger partial charge is 0.279 e. The topological polar surface area (TPSA) is 76.5 Å². The molecule has 1 aliphatic heterocycles. The van der Waals surface area contributed by atoms with E-state index in [1.54, 1.807) is 37.4 Å². The number of benzene rings is 2. The predicted octanol–water partition coefficient (Wildman–Crippen LogP) is 3.39. The molecule has 0 radical (unpaired) electrons. The van der Waals surface area contributed by atoms with Gasteiger partial charge in [-0.25, -0.2) is 0 Å². The second-order valence-corrected chi connectivity index (χ2v) is 8.15. The van der Waals surface area contributed by atoms with Crippen LogP contribution < -0.4 is 15.6 Å². The van der Waals surface area contributed by atoms with Gasteiger partial charge in [-0.1, -0.05) is 43.2 Å². The molecule has 2 heterocycles. The SMILES string of the molecule is COc1ccccc1-n1nc(C(=O)NCCCN2CCCCCC2)c2ccccc2c1=O. The molecule has 1 aromatic heterocycles. The molecule has 2 aromatic carbocycles. The maximum absolute atomic E-state index is 13.1. The number of para-hydroxylation sites is 2. The minimum absolute atomic E-state index is 0.237. The molecule has 7 heteroatoms. The Bertz CT molecular complexity index is 1130. The quantitative estimate of drug-likeness (QED) is 0.577. The Morgan fingerprint density at radius 1 is 1.00 bits per heavy atom. The summed E-state index contributed by atoms with van der Waals surface area (Å²) in [6.07, 6.45) is 6.02. The maximum atomic E-state index is 13.1. The van der Waals surface area contributed by atoms with Gasteiger partial charge >= 0.3 is 0 Å². The second-order valence-electron chi connectivity index (χ2n) is 8.15. The van der Waals surface area contributed by atoms with Gasteiger partial charge in [0.05, 0.1) is 12.5 Å². The van der Waals surface area contributed by atoms with Crippen molar-refractivity contribution < 1.29 is 9.53 Å². The third-order valence-corrected chi connectivity index (χ3v) is 5.97. The average molecular weight is 435 g/mol. The zero-order chi connectivity index (χ0) is 22.3. The molecule has 0 atom stereocenters. The van der Waals surface area contributed by atoms with Crippen LogP contribution in [0.5, 0.6) is 5.75 Å². The number of nitrogens with zero attached hydrogens (tertiary/aromatic N) is 3. The summed E-state index contributed by atoms with van der Waals surface area (Å²) >= 11 is 0. The molecule has 3 aromatic rings. The van der Waals surface area contributed by atoms with Crippen LogP contribution >= 0.6 is 0 Å². The highest BCUT2D eigenvalue weighted by Gasteiger charge is 2.19. The third kappa shape index (κ3) is 4.83. The van der Waals surface area contributed by atoms with Gasteiger partial charge in [0.25, 0.3) is 11.5 Å². The number of fused-ring (bicyclic) bond motifs is 1.